The molecule has 29 heavy (non-hydrogen) atoms. The van der Waals surface area contributed by atoms with Crippen molar-refractivity contribution in [3.05, 3.63) is 59.0 Å². The van der Waals surface area contributed by atoms with Crippen molar-refractivity contribution in [2.45, 2.75) is 32.7 Å². The van der Waals surface area contributed by atoms with Crippen LogP contribution in [-0.2, 0) is 4.79 Å². The van der Waals surface area contributed by atoms with Crippen LogP contribution in [0.25, 0.3) is 0 Å². The average molecular weight is 410 g/mol. The number of thiazole rings is 1. The predicted molar refractivity (Wildman–Crippen MR) is 113 cm³/mol. The highest BCUT2D eigenvalue weighted by Gasteiger charge is 2.31. The summed E-state index contributed by atoms with van der Waals surface area (Å²) in [4.78, 5) is 29.2. The molecule has 1 aliphatic heterocycles. The van der Waals surface area contributed by atoms with Gasteiger partial charge < -0.3 is 15.0 Å². The molecule has 0 unspecified atom stereocenters. The first-order chi connectivity index (χ1) is 14.1. The fourth-order valence-electron chi connectivity index (χ4n) is 3.47. The number of likely N-dealkylation sites (tertiary alicyclic amines) is 1. The summed E-state index contributed by atoms with van der Waals surface area (Å²) in [6.45, 7) is 4.60. The molecule has 0 saturated carbocycles. The standard InChI is InChI=1S/C21H23N5O2S/c1-14-12-22-21(29-14)25-19-11-17(23-15(2)24-19)18-9-6-10-26(18)20(27)13-28-16-7-4-3-5-8-16/h3-5,7-8,11-12,18H,6,9-10,13H2,1-2H3,(H,22,23,24,25)/t18-/m1/s1. The number of aryl methyl sites for hydroxylation is 2. The van der Waals surface area contributed by atoms with E-state index in [0.717, 1.165) is 28.5 Å². The summed E-state index contributed by atoms with van der Waals surface area (Å²) in [5, 5.41) is 4.04. The van der Waals surface area contributed by atoms with Gasteiger partial charge in [0.2, 0.25) is 0 Å². The SMILES string of the molecule is Cc1nc(Nc2ncc(C)s2)cc([C@H]2CCCN2C(=O)COc2ccccc2)n1. The van der Waals surface area contributed by atoms with Crippen LogP contribution in [-0.4, -0.2) is 38.9 Å². The number of carbonyl (C=O) groups is 1. The number of anilines is 2. The molecular weight excluding hydrogens is 386 g/mol. The van der Waals surface area contributed by atoms with Gasteiger partial charge in [0.15, 0.2) is 11.7 Å². The number of nitrogens with zero attached hydrogens (tertiary/aromatic N) is 4. The molecule has 1 atom stereocenters. The lowest BCUT2D eigenvalue weighted by atomic mass is 10.1. The monoisotopic (exact) mass is 409 g/mol. The summed E-state index contributed by atoms with van der Waals surface area (Å²) >= 11 is 1.57. The van der Waals surface area contributed by atoms with E-state index in [1.807, 2.05) is 61.3 Å². The van der Waals surface area contributed by atoms with Crippen LogP contribution in [0.15, 0.2) is 42.6 Å². The van der Waals surface area contributed by atoms with Crippen molar-refractivity contribution in [2.75, 3.05) is 18.5 Å². The van der Waals surface area contributed by atoms with E-state index in [4.69, 9.17) is 4.74 Å². The van der Waals surface area contributed by atoms with Crippen LogP contribution in [0, 0.1) is 13.8 Å². The highest BCUT2D eigenvalue weighted by atomic mass is 32.1. The number of rotatable bonds is 6. The van der Waals surface area contributed by atoms with Crippen LogP contribution in [0.5, 0.6) is 5.75 Å². The van der Waals surface area contributed by atoms with Gasteiger partial charge in [0, 0.05) is 23.7 Å². The second kappa shape index (κ2) is 8.57. The van der Waals surface area contributed by atoms with E-state index in [0.29, 0.717) is 23.9 Å². The molecular formula is C21H23N5O2S. The molecule has 1 aromatic carbocycles. The third kappa shape index (κ3) is 4.71. The Bertz CT molecular complexity index is 992. The summed E-state index contributed by atoms with van der Waals surface area (Å²) in [7, 11) is 0. The first-order valence-corrected chi connectivity index (χ1v) is 10.4. The van der Waals surface area contributed by atoms with Crippen molar-refractivity contribution in [1.29, 1.82) is 0 Å². The van der Waals surface area contributed by atoms with Gasteiger partial charge in [-0.25, -0.2) is 15.0 Å². The van der Waals surface area contributed by atoms with E-state index >= 15 is 0 Å². The van der Waals surface area contributed by atoms with Crippen LogP contribution in [0.2, 0.25) is 0 Å². The minimum absolute atomic E-state index is 0.0219. The molecule has 2 aromatic heterocycles. The Morgan fingerprint density at radius 2 is 2.10 bits per heavy atom. The Hall–Kier alpha value is -3.00. The van der Waals surface area contributed by atoms with Crippen LogP contribution < -0.4 is 10.1 Å². The van der Waals surface area contributed by atoms with Crippen molar-refractivity contribution in [2.24, 2.45) is 0 Å². The molecule has 1 aliphatic rings. The van der Waals surface area contributed by atoms with E-state index in [1.54, 1.807) is 11.3 Å². The molecule has 3 aromatic rings. The van der Waals surface area contributed by atoms with Crippen molar-refractivity contribution in [3.8, 4) is 5.75 Å². The third-order valence-electron chi connectivity index (χ3n) is 4.73. The molecule has 7 nitrogen and oxygen atoms in total. The average Bonchev–Trinajstić information content (AvgIpc) is 3.36. The summed E-state index contributed by atoms with van der Waals surface area (Å²) in [6, 6.07) is 11.2. The van der Waals surface area contributed by atoms with Gasteiger partial charge in [-0.1, -0.05) is 18.2 Å². The second-order valence-electron chi connectivity index (χ2n) is 6.97. The molecule has 0 spiro atoms. The third-order valence-corrected chi connectivity index (χ3v) is 5.56. The Kier molecular flexibility index (Phi) is 5.71. The minimum Gasteiger partial charge on any atom is -0.484 e. The number of hydrogen-bond donors (Lipinski definition) is 1. The zero-order valence-electron chi connectivity index (χ0n) is 16.5. The topological polar surface area (TPSA) is 80.2 Å². The van der Waals surface area contributed by atoms with E-state index in [9.17, 15) is 4.79 Å². The fraction of sp³-hybridized carbons (Fsp3) is 0.333. The number of nitrogens with one attached hydrogen (secondary N) is 1. The molecule has 0 bridgehead atoms. The molecule has 1 fully saturated rings. The fourth-order valence-corrected chi connectivity index (χ4v) is 4.14. The number of carbonyl (C=O) groups excluding carboxylic acids is 1. The van der Waals surface area contributed by atoms with Gasteiger partial charge in [-0.3, -0.25) is 4.79 Å². The summed E-state index contributed by atoms with van der Waals surface area (Å²) in [5.41, 5.74) is 0.846. The van der Waals surface area contributed by atoms with Gasteiger partial charge in [-0.15, -0.1) is 11.3 Å². The quantitative estimate of drug-likeness (QED) is 0.662. The Morgan fingerprint density at radius 1 is 1.28 bits per heavy atom. The zero-order valence-corrected chi connectivity index (χ0v) is 17.3. The van der Waals surface area contributed by atoms with Crippen LogP contribution in [0.3, 0.4) is 0 Å². The maximum Gasteiger partial charge on any atom is 0.261 e. The van der Waals surface area contributed by atoms with Crippen molar-refractivity contribution >= 4 is 28.2 Å². The molecule has 1 N–H and O–H groups in total. The molecule has 0 radical (unpaired) electrons. The highest BCUT2D eigenvalue weighted by Crippen LogP contribution is 2.32. The van der Waals surface area contributed by atoms with Gasteiger partial charge in [0.1, 0.15) is 17.4 Å². The minimum atomic E-state index is -0.0674. The Labute approximate surface area is 173 Å². The molecule has 1 amide bonds. The molecule has 8 heteroatoms. The largest absolute Gasteiger partial charge is 0.484 e. The lowest BCUT2D eigenvalue weighted by Gasteiger charge is -2.25. The van der Waals surface area contributed by atoms with Gasteiger partial charge in [0.05, 0.1) is 11.7 Å². The lowest BCUT2D eigenvalue weighted by Crippen LogP contribution is -2.35. The highest BCUT2D eigenvalue weighted by molar-refractivity contribution is 7.15. The molecule has 4 rings (SSSR count). The number of para-hydroxylation sites is 1. The summed E-state index contributed by atoms with van der Waals surface area (Å²) in [5.74, 6) is 2.03. The normalized spacial score (nSPS) is 16.1. The van der Waals surface area contributed by atoms with Crippen LogP contribution >= 0.6 is 11.3 Å². The van der Waals surface area contributed by atoms with Crippen LogP contribution in [0.4, 0.5) is 10.9 Å². The van der Waals surface area contributed by atoms with E-state index in [1.165, 1.54) is 0 Å². The number of hydrogen-bond acceptors (Lipinski definition) is 7. The van der Waals surface area contributed by atoms with Crippen molar-refractivity contribution < 1.29 is 9.53 Å². The lowest BCUT2D eigenvalue weighted by molar-refractivity contribution is -0.134. The van der Waals surface area contributed by atoms with Gasteiger partial charge >= 0.3 is 0 Å². The number of aromatic nitrogens is 3. The Balaban J connectivity index is 1.48. The molecule has 1 saturated heterocycles. The molecule has 150 valence electrons. The van der Waals surface area contributed by atoms with Crippen molar-refractivity contribution in [1.82, 2.24) is 19.9 Å². The van der Waals surface area contributed by atoms with Gasteiger partial charge in [-0.05, 0) is 38.8 Å². The number of benzene rings is 1. The van der Waals surface area contributed by atoms with Crippen LogP contribution in [0.1, 0.15) is 35.3 Å². The number of ether oxygens (including phenoxy) is 1. The first kappa shape index (κ1) is 19.3. The summed E-state index contributed by atoms with van der Waals surface area (Å²) < 4.78 is 5.65. The predicted octanol–water partition coefficient (Wildman–Crippen LogP) is 4.04. The second-order valence-corrected chi connectivity index (χ2v) is 8.21. The summed E-state index contributed by atoms with van der Waals surface area (Å²) in [6.07, 6.45) is 3.65. The van der Waals surface area contributed by atoms with Gasteiger partial charge in [0.25, 0.3) is 5.91 Å². The zero-order chi connectivity index (χ0) is 20.2. The number of amides is 1. The first-order valence-electron chi connectivity index (χ1n) is 9.61. The van der Waals surface area contributed by atoms with Crippen molar-refractivity contribution in [3.63, 3.8) is 0 Å². The molecule has 3 heterocycles. The van der Waals surface area contributed by atoms with E-state index < -0.39 is 0 Å². The Morgan fingerprint density at radius 3 is 2.86 bits per heavy atom. The smallest absolute Gasteiger partial charge is 0.261 e. The van der Waals surface area contributed by atoms with E-state index in [2.05, 4.69) is 20.3 Å². The van der Waals surface area contributed by atoms with E-state index in [-0.39, 0.29) is 18.6 Å². The molecule has 0 aliphatic carbocycles. The van der Waals surface area contributed by atoms with Gasteiger partial charge in [-0.2, -0.15) is 0 Å². The maximum atomic E-state index is 12.8. The maximum absolute atomic E-state index is 12.8.